The molecule has 4 heteroatoms. The van der Waals surface area contributed by atoms with Gasteiger partial charge in [0, 0.05) is 12.4 Å². The highest BCUT2D eigenvalue weighted by molar-refractivity contribution is 4.90. The molecule has 0 radical (unpaired) electrons. The SMILES string of the molecule is NOc1ncc[nH]1. The van der Waals surface area contributed by atoms with Gasteiger partial charge < -0.3 is 9.82 Å². The van der Waals surface area contributed by atoms with Crippen LogP contribution in [0.2, 0.25) is 0 Å². The Labute approximate surface area is 40.3 Å². The molecular formula is C3H5N3O. The zero-order valence-electron chi connectivity index (χ0n) is 3.59. The minimum absolute atomic E-state index is 0.333. The standard InChI is InChI=1S/C3H5N3O/c4-7-3-5-1-2-6-3/h1-2H,4H2,(H,5,6). The largest absolute Gasteiger partial charge is 0.373 e. The fraction of sp³-hybridized carbons (Fsp3) is 0. The lowest BCUT2D eigenvalue weighted by Crippen LogP contribution is -2.02. The van der Waals surface area contributed by atoms with Gasteiger partial charge in [-0.2, -0.15) is 5.90 Å². The summed E-state index contributed by atoms with van der Waals surface area (Å²) in [4.78, 5) is 10.4. The molecule has 0 unspecified atom stereocenters. The van der Waals surface area contributed by atoms with Crippen LogP contribution in [0.4, 0.5) is 0 Å². The van der Waals surface area contributed by atoms with Gasteiger partial charge in [0.1, 0.15) is 0 Å². The van der Waals surface area contributed by atoms with Crippen molar-refractivity contribution in [3.05, 3.63) is 12.4 Å². The van der Waals surface area contributed by atoms with Crippen molar-refractivity contribution in [3.63, 3.8) is 0 Å². The van der Waals surface area contributed by atoms with Gasteiger partial charge in [0.2, 0.25) is 0 Å². The summed E-state index contributed by atoms with van der Waals surface area (Å²) in [6.45, 7) is 0. The maximum atomic E-state index is 4.70. The first-order valence-corrected chi connectivity index (χ1v) is 1.79. The Morgan fingerprint density at radius 2 is 2.71 bits per heavy atom. The molecule has 0 aliphatic carbocycles. The monoisotopic (exact) mass is 99.0 g/mol. The number of imidazole rings is 1. The van der Waals surface area contributed by atoms with E-state index in [2.05, 4.69) is 14.8 Å². The van der Waals surface area contributed by atoms with E-state index in [4.69, 9.17) is 5.90 Å². The summed E-state index contributed by atoms with van der Waals surface area (Å²) >= 11 is 0. The number of aromatic nitrogens is 2. The molecule has 0 aliphatic heterocycles. The zero-order chi connectivity index (χ0) is 5.11. The smallest absolute Gasteiger partial charge is 0.313 e. The lowest BCUT2D eigenvalue weighted by molar-refractivity contribution is 0.309. The summed E-state index contributed by atoms with van der Waals surface area (Å²) in [6.07, 6.45) is 3.18. The van der Waals surface area contributed by atoms with Crippen LogP contribution in [0.25, 0.3) is 0 Å². The van der Waals surface area contributed by atoms with Crippen molar-refractivity contribution in [1.82, 2.24) is 9.97 Å². The predicted molar refractivity (Wildman–Crippen MR) is 23.4 cm³/mol. The fourth-order valence-electron chi connectivity index (χ4n) is 0.315. The number of aromatic amines is 1. The van der Waals surface area contributed by atoms with Gasteiger partial charge in [-0.1, -0.05) is 0 Å². The quantitative estimate of drug-likeness (QED) is 0.473. The number of nitrogens with two attached hydrogens (primary N) is 1. The van der Waals surface area contributed by atoms with Crippen molar-refractivity contribution >= 4 is 0 Å². The van der Waals surface area contributed by atoms with E-state index in [1.807, 2.05) is 0 Å². The molecule has 1 rings (SSSR count). The van der Waals surface area contributed by atoms with Crippen molar-refractivity contribution in [2.45, 2.75) is 0 Å². The second-order valence-electron chi connectivity index (χ2n) is 1.01. The molecule has 7 heavy (non-hydrogen) atoms. The molecule has 1 heterocycles. The van der Waals surface area contributed by atoms with E-state index in [0.29, 0.717) is 6.01 Å². The van der Waals surface area contributed by atoms with Gasteiger partial charge in [-0.3, -0.25) is 0 Å². The van der Waals surface area contributed by atoms with E-state index in [9.17, 15) is 0 Å². The van der Waals surface area contributed by atoms with Crippen LogP contribution in [0, 0.1) is 0 Å². The Balaban J connectivity index is 2.76. The second-order valence-corrected chi connectivity index (χ2v) is 1.01. The van der Waals surface area contributed by atoms with Crippen LogP contribution in [0.15, 0.2) is 12.4 Å². The first kappa shape index (κ1) is 4.14. The topological polar surface area (TPSA) is 63.9 Å². The molecule has 1 aromatic rings. The Bertz CT molecular complexity index is 125. The maximum absolute atomic E-state index is 4.70. The van der Waals surface area contributed by atoms with Crippen LogP contribution in [-0.2, 0) is 0 Å². The van der Waals surface area contributed by atoms with Crippen LogP contribution < -0.4 is 10.7 Å². The molecule has 38 valence electrons. The highest BCUT2D eigenvalue weighted by Gasteiger charge is 1.84. The number of nitrogens with one attached hydrogen (secondary N) is 1. The lowest BCUT2D eigenvalue weighted by Gasteiger charge is -1.84. The molecule has 0 fully saturated rings. The molecule has 4 nitrogen and oxygen atoms in total. The molecule has 0 bridgehead atoms. The van der Waals surface area contributed by atoms with Crippen LogP contribution in [0.5, 0.6) is 6.01 Å². The molecule has 0 spiro atoms. The molecular weight excluding hydrogens is 94.1 g/mol. The van der Waals surface area contributed by atoms with Crippen molar-refractivity contribution in [3.8, 4) is 6.01 Å². The van der Waals surface area contributed by atoms with Crippen LogP contribution >= 0.6 is 0 Å². The van der Waals surface area contributed by atoms with Gasteiger partial charge in [-0.15, -0.1) is 0 Å². The summed E-state index contributed by atoms with van der Waals surface area (Å²) in [5, 5.41) is 0. The number of H-pyrrole nitrogens is 1. The Morgan fingerprint density at radius 1 is 1.86 bits per heavy atom. The highest BCUT2D eigenvalue weighted by Crippen LogP contribution is 1.92. The zero-order valence-corrected chi connectivity index (χ0v) is 3.59. The number of hydrogen-bond acceptors (Lipinski definition) is 3. The molecule has 3 N–H and O–H groups in total. The highest BCUT2D eigenvalue weighted by atomic mass is 16.6. The summed E-state index contributed by atoms with van der Waals surface area (Å²) in [5.41, 5.74) is 0. The van der Waals surface area contributed by atoms with Gasteiger partial charge in [0.15, 0.2) is 0 Å². The normalized spacial score (nSPS) is 8.71. The average molecular weight is 99.1 g/mol. The third-order valence-corrected chi connectivity index (χ3v) is 0.585. The third kappa shape index (κ3) is 0.690. The third-order valence-electron chi connectivity index (χ3n) is 0.585. The minimum atomic E-state index is 0.333. The van der Waals surface area contributed by atoms with Gasteiger partial charge in [0.25, 0.3) is 0 Å². The maximum Gasteiger partial charge on any atom is 0.313 e. The Kier molecular flexibility index (Phi) is 0.953. The van der Waals surface area contributed by atoms with Crippen molar-refractivity contribution in [1.29, 1.82) is 0 Å². The van der Waals surface area contributed by atoms with Crippen molar-refractivity contribution < 1.29 is 4.84 Å². The van der Waals surface area contributed by atoms with Gasteiger partial charge in [-0.05, 0) is 0 Å². The van der Waals surface area contributed by atoms with E-state index >= 15 is 0 Å². The predicted octanol–water partition coefficient (Wildman–Crippen LogP) is -0.338. The molecule has 0 saturated carbocycles. The molecule has 0 atom stereocenters. The lowest BCUT2D eigenvalue weighted by atomic mass is 11.0. The summed E-state index contributed by atoms with van der Waals surface area (Å²) < 4.78 is 0. The van der Waals surface area contributed by atoms with Crippen molar-refractivity contribution in [2.24, 2.45) is 5.90 Å². The van der Waals surface area contributed by atoms with Crippen LogP contribution in [0.3, 0.4) is 0 Å². The van der Waals surface area contributed by atoms with Gasteiger partial charge in [0.05, 0.1) is 0 Å². The first-order chi connectivity index (χ1) is 3.43. The van der Waals surface area contributed by atoms with Crippen LogP contribution in [0.1, 0.15) is 0 Å². The second kappa shape index (κ2) is 1.61. The van der Waals surface area contributed by atoms with Crippen LogP contribution in [-0.4, -0.2) is 9.97 Å². The van der Waals surface area contributed by atoms with Gasteiger partial charge >= 0.3 is 6.01 Å². The molecule has 0 aliphatic rings. The van der Waals surface area contributed by atoms with E-state index in [1.165, 1.54) is 0 Å². The fourth-order valence-corrected chi connectivity index (χ4v) is 0.315. The molecule has 0 aromatic carbocycles. The molecule has 0 saturated heterocycles. The van der Waals surface area contributed by atoms with Gasteiger partial charge in [-0.25, -0.2) is 4.98 Å². The average Bonchev–Trinajstić information content (AvgIpc) is 2.14. The summed E-state index contributed by atoms with van der Waals surface area (Å²) in [7, 11) is 0. The molecule has 1 aromatic heterocycles. The Morgan fingerprint density at radius 3 is 3.00 bits per heavy atom. The van der Waals surface area contributed by atoms with E-state index in [0.717, 1.165) is 0 Å². The van der Waals surface area contributed by atoms with E-state index in [-0.39, 0.29) is 0 Å². The Hall–Kier alpha value is -1.03. The minimum Gasteiger partial charge on any atom is -0.373 e. The number of rotatable bonds is 1. The van der Waals surface area contributed by atoms with E-state index < -0.39 is 0 Å². The van der Waals surface area contributed by atoms with Crippen molar-refractivity contribution in [2.75, 3.05) is 0 Å². The number of hydrogen-bond donors (Lipinski definition) is 2. The first-order valence-electron chi connectivity index (χ1n) is 1.79. The summed E-state index contributed by atoms with van der Waals surface area (Å²) in [5.74, 6) is 4.70. The number of nitrogens with zero attached hydrogens (tertiary/aromatic N) is 1. The molecule has 0 amide bonds. The van der Waals surface area contributed by atoms with E-state index in [1.54, 1.807) is 12.4 Å². The summed E-state index contributed by atoms with van der Waals surface area (Å²) in [6, 6.07) is 0.333.